The van der Waals surface area contributed by atoms with Crippen LogP contribution in [0.15, 0.2) is 113 Å². The maximum absolute atomic E-state index is 12.2. The molecule has 166 valence electrons. The Morgan fingerprint density at radius 3 is 2.15 bits per heavy atom. The van der Waals surface area contributed by atoms with Gasteiger partial charge in [-0.05, 0) is 23.3 Å². The van der Waals surface area contributed by atoms with E-state index in [1.807, 2.05) is 91.0 Å². The SMILES string of the molecule is O=[N+]([O-])c1c(NC(c2ccccc2)c2ccccc2)ncnc1Sc1cccc2cccnc12. The first-order valence-electron chi connectivity index (χ1n) is 10.6. The van der Waals surface area contributed by atoms with Crippen LogP contribution in [0, 0.1) is 10.1 Å². The van der Waals surface area contributed by atoms with Gasteiger partial charge in [-0.2, -0.15) is 0 Å². The second kappa shape index (κ2) is 9.68. The number of benzene rings is 3. The molecule has 3 aromatic carbocycles. The molecule has 0 aliphatic carbocycles. The number of hydrogen-bond donors (Lipinski definition) is 1. The van der Waals surface area contributed by atoms with E-state index in [1.54, 1.807) is 6.20 Å². The van der Waals surface area contributed by atoms with Crippen molar-refractivity contribution < 1.29 is 4.92 Å². The highest BCUT2D eigenvalue weighted by Crippen LogP contribution is 2.40. The molecular formula is C26H19N5O2S. The number of hydrogen-bond acceptors (Lipinski definition) is 7. The van der Waals surface area contributed by atoms with Gasteiger partial charge in [-0.15, -0.1) is 0 Å². The van der Waals surface area contributed by atoms with Crippen molar-refractivity contribution in [3.63, 3.8) is 0 Å². The molecule has 1 N–H and O–H groups in total. The van der Waals surface area contributed by atoms with Gasteiger partial charge >= 0.3 is 5.69 Å². The Labute approximate surface area is 200 Å². The summed E-state index contributed by atoms with van der Waals surface area (Å²) in [4.78, 5) is 25.5. The van der Waals surface area contributed by atoms with Crippen molar-refractivity contribution in [3.8, 4) is 0 Å². The molecule has 2 heterocycles. The minimum atomic E-state index is -0.434. The second-order valence-electron chi connectivity index (χ2n) is 7.47. The zero-order chi connectivity index (χ0) is 23.3. The summed E-state index contributed by atoms with van der Waals surface area (Å²) < 4.78 is 0. The maximum Gasteiger partial charge on any atom is 0.343 e. The van der Waals surface area contributed by atoms with Crippen LogP contribution < -0.4 is 5.32 Å². The van der Waals surface area contributed by atoms with E-state index < -0.39 is 4.92 Å². The average molecular weight is 466 g/mol. The molecule has 0 aliphatic heterocycles. The number of rotatable bonds is 7. The number of pyridine rings is 1. The number of nitro groups is 1. The third-order valence-electron chi connectivity index (χ3n) is 5.32. The number of nitrogens with one attached hydrogen (secondary N) is 1. The lowest BCUT2D eigenvalue weighted by Gasteiger charge is -2.20. The molecule has 5 rings (SSSR count). The zero-order valence-electron chi connectivity index (χ0n) is 17.9. The highest BCUT2D eigenvalue weighted by molar-refractivity contribution is 7.99. The molecule has 7 nitrogen and oxygen atoms in total. The summed E-state index contributed by atoms with van der Waals surface area (Å²) in [6.07, 6.45) is 3.06. The first kappa shape index (κ1) is 21.5. The quantitative estimate of drug-likeness (QED) is 0.172. The van der Waals surface area contributed by atoms with E-state index in [0.717, 1.165) is 26.9 Å². The average Bonchev–Trinajstić information content (AvgIpc) is 2.88. The number of anilines is 1. The normalized spacial score (nSPS) is 11.0. The molecule has 0 amide bonds. The molecule has 0 unspecified atom stereocenters. The summed E-state index contributed by atoms with van der Waals surface area (Å²) in [5.74, 6) is 0.161. The smallest absolute Gasteiger partial charge is 0.343 e. The predicted octanol–water partition coefficient (Wildman–Crippen LogP) is 6.29. The van der Waals surface area contributed by atoms with Crippen molar-refractivity contribution in [2.75, 3.05) is 5.32 Å². The van der Waals surface area contributed by atoms with Crippen molar-refractivity contribution >= 4 is 34.2 Å². The number of aromatic nitrogens is 3. The first-order valence-corrected chi connectivity index (χ1v) is 11.4. The fourth-order valence-corrected chi connectivity index (χ4v) is 4.75. The molecule has 8 heteroatoms. The van der Waals surface area contributed by atoms with Gasteiger partial charge in [0.1, 0.15) is 6.33 Å². The van der Waals surface area contributed by atoms with E-state index in [-0.39, 0.29) is 22.6 Å². The summed E-state index contributed by atoms with van der Waals surface area (Å²) in [6, 6.07) is 28.8. The van der Waals surface area contributed by atoms with Gasteiger partial charge in [-0.25, -0.2) is 9.97 Å². The minimum absolute atomic E-state index is 0.161. The topological polar surface area (TPSA) is 93.8 Å². The molecule has 2 aromatic heterocycles. The Morgan fingerprint density at radius 1 is 0.794 bits per heavy atom. The van der Waals surface area contributed by atoms with E-state index in [0.29, 0.717) is 0 Å². The van der Waals surface area contributed by atoms with Crippen molar-refractivity contribution in [1.82, 2.24) is 15.0 Å². The monoisotopic (exact) mass is 465 g/mol. The van der Waals surface area contributed by atoms with Gasteiger partial charge in [-0.3, -0.25) is 15.1 Å². The van der Waals surface area contributed by atoms with Crippen LogP contribution in [0.4, 0.5) is 11.5 Å². The van der Waals surface area contributed by atoms with Crippen molar-refractivity contribution in [1.29, 1.82) is 0 Å². The van der Waals surface area contributed by atoms with Gasteiger partial charge < -0.3 is 5.32 Å². The lowest BCUT2D eigenvalue weighted by Crippen LogP contribution is -2.15. The predicted molar refractivity (Wildman–Crippen MR) is 133 cm³/mol. The Morgan fingerprint density at radius 2 is 1.47 bits per heavy atom. The molecule has 0 spiro atoms. The summed E-state index contributed by atoms with van der Waals surface area (Å²) in [5, 5.41) is 16.7. The van der Waals surface area contributed by atoms with E-state index in [4.69, 9.17) is 0 Å². The molecule has 0 fully saturated rings. The molecule has 0 atom stereocenters. The van der Waals surface area contributed by atoms with Crippen LogP contribution in [0.2, 0.25) is 0 Å². The van der Waals surface area contributed by atoms with Crippen molar-refractivity contribution in [2.45, 2.75) is 16.0 Å². The van der Waals surface area contributed by atoms with Gasteiger partial charge in [-0.1, -0.05) is 90.6 Å². The zero-order valence-corrected chi connectivity index (χ0v) is 18.7. The van der Waals surface area contributed by atoms with Crippen LogP contribution in [-0.2, 0) is 0 Å². The van der Waals surface area contributed by atoms with Crippen LogP contribution in [-0.4, -0.2) is 19.9 Å². The van der Waals surface area contributed by atoms with Gasteiger partial charge in [0.2, 0.25) is 5.82 Å². The minimum Gasteiger partial charge on any atom is -0.353 e. The maximum atomic E-state index is 12.2. The third-order valence-corrected chi connectivity index (χ3v) is 6.36. The molecule has 0 bridgehead atoms. The van der Waals surface area contributed by atoms with E-state index in [1.165, 1.54) is 18.1 Å². The van der Waals surface area contributed by atoms with Crippen LogP contribution in [0.5, 0.6) is 0 Å². The molecule has 0 saturated carbocycles. The molecule has 0 aliphatic rings. The van der Waals surface area contributed by atoms with Crippen LogP contribution in [0.3, 0.4) is 0 Å². The Hall–Kier alpha value is -4.30. The largest absolute Gasteiger partial charge is 0.353 e. The summed E-state index contributed by atoms with van der Waals surface area (Å²) in [7, 11) is 0. The molecule has 5 aromatic rings. The Bertz CT molecular complexity index is 1400. The first-order chi connectivity index (χ1) is 16.7. The lowest BCUT2D eigenvalue weighted by molar-refractivity contribution is -0.387. The van der Waals surface area contributed by atoms with E-state index in [2.05, 4.69) is 20.3 Å². The molecule has 0 saturated heterocycles. The van der Waals surface area contributed by atoms with Crippen molar-refractivity contribution in [2.24, 2.45) is 0 Å². The molecular weight excluding hydrogens is 446 g/mol. The summed E-state index contributed by atoms with van der Waals surface area (Å²) >= 11 is 1.21. The highest BCUT2D eigenvalue weighted by Gasteiger charge is 2.27. The molecule has 34 heavy (non-hydrogen) atoms. The number of para-hydroxylation sites is 1. The number of nitrogens with zero attached hydrogens (tertiary/aromatic N) is 4. The van der Waals surface area contributed by atoms with Crippen LogP contribution >= 0.6 is 11.8 Å². The van der Waals surface area contributed by atoms with Gasteiger partial charge in [0.05, 0.1) is 16.5 Å². The van der Waals surface area contributed by atoms with Gasteiger partial charge in [0.25, 0.3) is 0 Å². The fraction of sp³-hybridized carbons (Fsp3) is 0.0385. The molecule has 0 radical (unpaired) electrons. The lowest BCUT2D eigenvalue weighted by atomic mass is 9.99. The van der Waals surface area contributed by atoms with Gasteiger partial charge in [0, 0.05) is 16.5 Å². The second-order valence-corrected chi connectivity index (χ2v) is 8.50. The fourth-order valence-electron chi connectivity index (χ4n) is 3.76. The van der Waals surface area contributed by atoms with Gasteiger partial charge in [0.15, 0.2) is 5.03 Å². The Balaban J connectivity index is 1.57. The summed E-state index contributed by atoms with van der Waals surface area (Å²) in [6.45, 7) is 0. The third kappa shape index (κ3) is 4.44. The van der Waals surface area contributed by atoms with Crippen LogP contribution in [0.25, 0.3) is 10.9 Å². The Kier molecular flexibility index (Phi) is 6.13. The highest BCUT2D eigenvalue weighted by atomic mass is 32.2. The van der Waals surface area contributed by atoms with Crippen molar-refractivity contribution in [3.05, 3.63) is 125 Å². The van der Waals surface area contributed by atoms with E-state index in [9.17, 15) is 10.1 Å². The van der Waals surface area contributed by atoms with Crippen LogP contribution in [0.1, 0.15) is 17.2 Å². The number of fused-ring (bicyclic) bond motifs is 1. The van der Waals surface area contributed by atoms with E-state index >= 15 is 0 Å². The summed E-state index contributed by atoms with van der Waals surface area (Å²) in [5.41, 5.74) is 2.53. The standard InChI is InChI=1S/C26H19N5O2S/c32-31(33)24-25(30-22(18-9-3-1-4-10-18)19-11-5-2-6-12-19)28-17-29-26(24)34-21-15-7-13-20-14-8-16-27-23(20)21/h1-17,22H,(H,28,29,30).